The molecule has 0 aliphatic heterocycles. The molecule has 2 fully saturated rings. The summed E-state index contributed by atoms with van der Waals surface area (Å²) < 4.78 is 0. The number of aromatic amines is 1. The van der Waals surface area contributed by atoms with Crippen LogP contribution in [-0.4, -0.2) is 50.4 Å². The van der Waals surface area contributed by atoms with E-state index in [2.05, 4.69) is 37.3 Å². The minimum absolute atomic E-state index is 0.217. The minimum Gasteiger partial charge on any atom is -0.369 e. The van der Waals surface area contributed by atoms with Crippen molar-refractivity contribution < 1.29 is 4.79 Å². The highest BCUT2D eigenvalue weighted by Crippen LogP contribution is 2.33. The summed E-state index contributed by atoms with van der Waals surface area (Å²) in [6.45, 7) is 0.381. The number of halogens is 1. The molecule has 0 spiro atoms. The average Bonchev–Trinajstić information content (AvgIpc) is 3.48. The molecule has 0 saturated heterocycles. The molecular weight excluding hydrogens is 436 g/mol. The van der Waals surface area contributed by atoms with Crippen LogP contribution in [0.15, 0.2) is 36.7 Å². The Kier molecular flexibility index (Phi) is 6.51. The standard InChI is InChI=1S/C25H31ClN6O/c26-22-12-16(21-14-29-25-20(21)6-3-11-28-25)13-24(31-22)30-17-7-9-19(10-8-17)32(15-23(27)33)18-4-1-2-5-18/h3,6,11-14,17-19H,1-2,4-5,7-10,15H2,(H2,27,33)(H,28,29)(H,30,31)/t17-,19-. The molecule has 7 nitrogen and oxygen atoms in total. The molecule has 0 aromatic carbocycles. The van der Waals surface area contributed by atoms with Crippen LogP contribution in [0, 0.1) is 0 Å². The first kappa shape index (κ1) is 22.2. The van der Waals surface area contributed by atoms with Gasteiger partial charge in [-0.25, -0.2) is 9.97 Å². The Bertz CT molecular complexity index is 1120. The number of hydrogen-bond donors (Lipinski definition) is 3. The van der Waals surface area contributed by atoms with E-state index in [0.717, 1.165) is 53.7 Å². The average molecular weight is 467 g/mol. The number of H-pyrrole nitrogens is 1. The molecule has 8 heteroatoms. The molecule has 4 N–H and O–H groups in total. The molecule has 2 aliphatic rings. The largest absolute Gasteiger partial charge is 0.369 e. The molecule has 2 aliphatic carbocycles. The number of hydrogen-bond acceptors (Lipinski definition) is 5. The number of pyridine rings is 2. The zero-order valence-electron chi connectivity index (χ0n) is 18.8. The molecular formula is C25H31ClN6O. The lowest BCUT2D eigenvalue weighted by Crippen LogP contribution is -2.48. The van der Waals surface area contributed by atoms with Gasteiger partial charge < -0.3 is 16.0 Å². The van der Waals surface area contributed by atoms with Crippen molar-refractivity contribution >= 4 is 34.4 Å². The first-order valence-electron chi connectivity index (χ1n) is 12.0. The third-order valence-corrected chi connectivity index (χ3v) is 7.40. The molecule has 0 radical (unpaired) electrons. The molecule has 5 rings (SSSR count). The number of carbonyl (C=O) groups excluding carboxylic acids is 1. The number of fused-ring (bicyclic) bond motifs is 1. The van der Waals surface area contributed by atoms with Gasteiger partial charge in [0.05, 0.1) is 6.54 Å². The quantitative estimate of drug-likeness (QED) is 0.437. The third kappa shape index (κ3) is 4.99. The van der Waals surface area contributed by atoms with Gasteiger partial charge in [-0.3, -0.25) is 9.69 Å². The van der Waals surface area contributed by atoms with Crippen LogP contribution in [0.4, 0.5) is 5.82 Å². The molecule has 3 heterocycles. The monoisotopic (exact) mass is 466 g/mol. The number of amides is 1. The smallest absolute Gasteiger partial charge is 0.231 e. The van der Waals surface area contributed by atoms with Crippen LogP contribution in [0.25, 0.3) is 22.2 Å². The van der Waals surface area contributed by atoms with Gasteiger partial charge >= 0.3 is 0 Å². The Labute approximate surface area is 199 Å². The summed E-state index contributed by atoms with van der Waals surface area (Å²) in [4.78, 5) is 26.2. The minimum atomic E-state index is -0.217. The van der Waals surface area contributed by atoms with Crippen molar-refractivity contribution in [3.8, 4) is 11.1 Å². The van der Waals surface area contributed by atoms with Gasteiger partial charge in [-0.15, -0.1) is 0 Å². The number of primary amides is 1. The Hall–Kier alpha value is -2.64. The molecule has 2 saturated carbocycles. The second kappa shape index (κ2) is 9.69. The summed E-state index contributed by atoms with van der Waals surface area (Å²) in [5.74, 6) is 0.578. The number of nitrogens with zero attached hydrogens (tertiary/aromatic N) is 3. The van der Waals surface area contributed by atoms with Gasteiger partial charge in [-0.2, -0.15) is 0 Å². The van der Waals surface area contributed by atoms with E-state index in [1.807, 2.05) is 18.3 Å². The SMILES string of the molecule is NC(=O)CN(C1CCCC1)[C@H]1CC[C@H](Nc2cc(-c3c[nH]c4ncccc34)cc(Cl)n2)CC1. The van der Waals surface area contributed by atoms with Crippen molar-refractivity contribution in [3.05, 3.63) is 41.8 Å². The topological polar surface area (TPSA) is 99.9 Å². The van der Waals surface area contributed by atoms with E-state index >= 15 is 0 Å². The van der Waals surface area contributed by atoms with E-state index in [4.69, 9.17) is 17.3 Å². The summed E-state index contributed by atoms with van der Waals surface area (Å²) in [6, 6.07) is 9.22. The molecule has 33 heavy (non-hydrogen) atoms. The van der Waals surface area contributed by atoms with Crippen LogP contribution in [0.2, 0.25) is 5.15 Å². The first-order chi connectivity index (χ1) is 16.1. The molecule has 3 aromatic heterocycles. The van der Waals surface area contributed by atoms with E-state index < -0.39 is 0 Å². The van der Waals surface area contributed by atoms with Gasteiger partial charge in [0.2, 0.25) is 5.91 Å². The highest BCUT2D eigenvalue weighted by Gasteiger charge is 2.32. The predicted molar refractivity (Wildman–Crippen MR) is 132 cm³/mol. The highest BCUT2D eigenvalue weighted by atomic mass is 35.5. The maximum Gasteiger partial charge on any atom is 0.231 e. The van der Waals surface area contributed by atoms with Gasteiger partial charge in [0.15, 0.2) is 0 Å². The molecule has 3 aromatic rings. The Morgan fingerprint density at radius 3 is 2.67 bits per heavy atom. The second-order valence-electron chi connectivity index (χ2n) is 9.39. The summed E-state index contributed by atoms with van der Waals surface area (Å²) in [5, 5.41) is 5.14. The molecule has 0 bridgehead atoms. The van der Waals surface area contributed by atoms with Crippen LogP contribution >= 0.6 is 11.6 Å². The number of rotatable bonds is 7. The summed E-state index contributed by atoms with van der Waals surface area (Å²) >= 11 is 6.39. The van der Waals surface area contributed by atoms with Gasteiger partial charge in [-0.05, 0) is 68.4 Å². The van der Waals surface area contributed by atoms with Crippen molar-refractivity contribution in [2.24, 2.45) is 5.73 Å². The Morgan fingerprint density at radius 2 is 1.91 bits per heavy atom. The number of nitrogens with one attached hydrogen (secondary N) is 2. The second-order valence-corrected chi connectivity index (χ2v) is 9.78. The number of carbonyl (C=O) groups is 1. The van der Waals surface area contributed by atoms with Crippen LogP contribution in [0.3, 0.4) is 0 Å². The van der Waals surface area contributed by atoms with Crippen LogP contribution in [0.1, 0.15) is 51.4 Å². The van der Waals surface area contributed by atoms with Crippen molar-refractivity contribution in [1.82, 2.24) is 19.9 Å². The fraction of sp³-hybridized carbons (Fsp3) is 0.480. The highest BCUT2D eigenvalue weighted by molar-refractivity contribution is 6.29. The lowest BCUT2D eigenvalue weighted by molar-refractivity contribution is -0.120. The lowest BCUT2D eigenvalue weighted by Gasteiger charge is -2.40. The lowest BCUT2D eigenvalue weighted by atomic mass is 9.89. The summed E-state index contributed by atoms with van der Waals surface area (Å²) in [6.07, 6.45) is 12.8. The molecule has 0 atom stereocenters. The Morgan fingerprint density at radius 1 is 1.15 bits per heavy atom. The summed E-state index contributed by atoms with van der Waals surface area (Å²) in [7, 11) is 0. The fourth-order valence-electron chi connectivity index (χ4n) is 5.65. The maximum atomic E-state index is 11.7. The number of anilines is 1. The zero-order chi connectivity index (χ0) is 22.8. The third-order valence-electron chi connectivity index (χ3n) is 7.21. The molecule has 174 valence electrons. The van der Waals surface area contributed by atoms with E-state index in [-0.39, 0.29) is 5.91 Å². The van der Waals surface area contributed by atoms with E-state index in [1.165, 1.54) is 25.7 Å². The maximum absolute atomic E-state index is 11.7. The fourth-order valence-corrected chi connectivity index (χ4v) is 5.86. The Balaban J connectivity index is 1.27. The van der Waals surface area contributed by atoms with Gasteiger partial charge in [0.1, 0.15) is 16.6 Å². The normalized spacial score (nSPS) is 21.6. The van der Waals surface area contributed by atoms with E-state index in [0.29, 0.717) is 29.8 Å². The van der Waals surface area contributed by atoms with Crippen LogP contribution < -0.4 is 11.1 Å². The van der Waals surface area contributed by atoms with Crippen molar-refractivity contribution in [2.75, 3.05) is 11.9 Å². The van der Waals surface area contributed by atoms with E-state index in [9.17, 15) is 4.79 Å². The van der Waals surface area contributed by atoms with E-state index in [1.54, 1.807) is 6.20 Å². The zero-order valence-corrected chi connectivity index (χ0v) is 19.5. The van der Waals surface area contributed by atoms with Crippen molar-refractivity contribution in [3.63, 3.8) is 0 Å². The van der Waals surface area contributed by atoms with Crippen molar-refractivity contribution in [1.29, 1.82) is 0 Å². The predicted octanol–water partition coefficient (Wildman–Crippen LogP) is 4.73. The number of nitrogens with two attached hydrogens (primary N) is 1. The van der Waals surface area contributed by atoms with Gasteiger partial charge in [0, 0.05) is 41.5 Å². The van der Waals surface area contributed by atoms with Crippen LogP contribution in [-0.2, 0) is 4.79 Å². The number of aromatic nitrogens is 3. The van der Waals surface area contributed by atoms with Crippen LogP contribution in [0.5, 0.6) is 0 Å². The van der Waals surface area contributed by atoms with Crippen molar-refractivity contribution in [2.45, 2.75) is 69.5 Å². The first-order valence-corrected chi connectivity index (χ1v) is 12.4. The molecule has 0 unspecified atom stereocenters. The summed E-state index contributed by atoms with van der Waals surface area (Å²) in [5.41, 5.74) is 8.51. The van der Waals surface area contributed by atoms with Gasteiger partial charge in [-0.1, -0.05) is 24.4 Å². The van der Waals surface area contributed by atoms with Gasteiger partial charge in [0.25, 0.3) is 0 Å². The molecule has 1 amide bonds.